The number of benzene rings is 1. The van der Waals surface area contributed by atoms with Gasteiger partial charge in [0.05, 0.1) is 6.54 Å². The third-order valence-corrected chi connectivity index (χ3v) is 4.05. The van der Waals surface area contributed by atoms with Crippen LogP contribution >= 0.6 is 11.3 Å². The minimum absolute atomic E-state index is 0.0376. The maximum atomic E-state index is 11.9. The molecular weight excluding hydrogens is 288 g/mol. The van der Waals surface area contributed by atoms with Gasteiger partial charge in [0, 0.05) is 12.3 Å². The molecule has 1 amide bonds. The molecule has 2 N–H and O–H groups in total. The summed E-state index contributed by atoms with van der Waals surface area (Å²) in [7, 11) is 0. The number of nitrogens with zero attached hydrogens (tertiary/aromatic N) is 2. The van der Waals surface area contributed by atoms with Crippen LogP contribution in [0.2, 0.25) is 0 Å². The number of amides is 1. The summed E-state index contributed by atoms with van der Waals surface area (Å²) in [6, 6.07) is 9.58. The Bertz CT molecular complexity index is 596. The molecule has 0 spiro atoms. The van der Waals surface area contributed by atoms with Crippen molar-refractivity contribution in [1.82, 2.24) is 10.2 Å². The molecule has 1 unspecified atom stereocenters. The lowest BCUT2D eigenvalue weighted by atomic mass is 10.2. The molecule has 1 saturated heterocycles. The number of carbonyl (C=O) groups is 1. The minimum atomic E-state index is -0.145. The zero-order chi connectivity index (χ0) is 14.5. The standard InChI is InChI=1S/C14H16N4O2S/c19-12(9-15-10-5-2-1-3-6-10)16-14-18-17-13(21-14)11-7-4-8-20-11/h1-3,5-6,11,15H,4,7-9H2,(H,16,18,19). The molecule has 1 aliphatic heterocycles. The Labute approximate surface area is 126 Å². The number of para-hydroxylation sites is 1. The summed E-state index contributed by atoms with van der Waals surface area (Å²) >= 11 is 1.37. The van der Waals surface area contributed by atoms with Gasteiger partial charge in [-0.2, -0.15) is 0 Å². The van der Waals surface area contributed by atoms with Gasteiger partial charge in [-0.15, -0.1) is 10.2 Å². The van der Waals surface area contributed by atoms with E-state index in [0.717, 1.165) is 30.1 Å². The minimum Gasteiger partial charge on any atom is -0.376 e. The Morgan fingerprint density at radius 1 is 1.33 bits per heavy atom. The van der Waals surface area contributed by atoms with E-state index in [9.17, 15) is 4.79 Å². The predicted octanol–water partition coefficient (Wildman–Crippen LogP) is 2.44. The lowest BCUT2D eigenvalue weighted by Crippen LogP contribution is -2.21. The fraction of sp³-hybridized carbons (Fsp3) is 0.357. The van der Waals surface area contributed by atoms with E-state index in [1.165, 1.54) is 11.3 Å². The third-order valence-electron chi connectivity index (χ3n) is 3.12. The van der Waals surface area contributed by atoms with Gasteiger partial charge in [0.1, 0.15) is 11.1 Å². The summed E-state index contributed by atoms with van der Waals surface area (Å²) in [5.74, 6) is -0.145. The van der Waals surface area contributed by atoms with Crippen molar-refractivity contribution in [2.45, 2.75) is 18.9 Å². The van der Waals surface area contributed by atoms with E-state index in [4.69, 9.17) is 4.74 Å². The molecule has 7 heteroatoms. The zero-order valence-corrected chi connectivity index (χ0v) is 12.2. The maximum Gasteiger partial charge on any atom is 0.245 e. The molecule has 0 radical (unpaired) electrons. The van der Waals surface area contributed by atoms with Gasteiger partial charge in [0.25, 0.3) is 0 Å². The van der Waals surface area contributed by atoms with Crippen molar-refractivity contribution in [1.29, 1.82) is 0 Å². The topological polar surface area (TPSA) is 76.1 Å². The molecule has 1 fully saturated rings. The average Bonchev–Trinajstić information content (AvgIpc) is 3.17. The first-order chi connectivity index (χ1) is 10.3. The second-order valence-electron chi connectivity index (χ2n) is 4.71. The predicted molar refractivity (Wildman–Crippen MR) is 81.4 cm³/mol. The number of nitrogens with one attached hydrogen (secondary N) is 2. The van der Waals surface area contributed by atoms with Gasteiger partial charge in [-0.3, -0.25) is 10.1 Å². The van der Waals surface area contributed by atoms with Gasteiger partial charge in [-0.25, -0.2) is 0 Å². The number of hydrogen-bond donors (Lipinski definition) is 2. The molecule has 2 heterocycles. The van der Waals surface area contributed by atoms with Crippen LogP contribution in [0, 0.1) is 0 Å². The monoisotopic (exact) mass is 304 g/mol. The molecular formula is C14H16N4O2S. The summed E-state index contributed by atoms with van der Waals surface area (Å²) < 4.78 is 5.55. The third kappa shape index (κ3) is 3.77. The Hall–Kier alpha value is -1.99. The van der Waals surface area contributed by atoms with Crippen LogP contribution < -0.4 is 10.6 Å². The average molecular weight is 304 g/mol. The fourth-order valence-electron chi connectivity index (χ4n) is 2.09. The summed E-state index contributed by atoms with van der Waals surface area (Å²) in [6.07, 6.45) is 2.06. The highest BCUT2D eigenvalue weighted by Crippen LogP contribution is 2.31. The highest BCUT2D eigenvalue weighted by Gasteiger charge is 2.22. The van der Waals surface area contributed by atoms with Gasteiger partial charge in [-0.1, -0.05) is 29.5 Å². The lowest BCUT2D eigenvalue weighted by Gasteiger charge is -2.05. The van der Waals surface area contributed by atoms with Crippen LogP contribution in [0.3, 0.4) is 0 Å². The van der Waals surface area contributed by atoms with Crippen molar-refractivity contribution < 1.29 is 9.53 Å². The van der Waals surface area contributed by atoms with Crippen LogP contribution in [0.25, 0.3) is 0 Å². The van der Waals surface area contributed by atoms with Crippen LogP contribution in [0.15, 0.2) is 30.3 Å². The highest BCUT2D eigenvalue weighted by atomic mass is 32.1. The van der Waals surface area contributed by atoms with Crippen LogP contribution in [0.4, 0.5) is 10.8 Å². The molecule has 1 aromatic heterocycles. The maximum absolute atomic E-state index is 11.9. The molecule has 1 aromatic carbocycles. The molecule has 0 aliphatic carbocycles. The Balaban J connectivity index is 1.50. The van der Waals surface area contributed by atoms with E-state index in [0.29, 0.717) is 5.13 Å². The SMILES string of the molecule is O=C(CNc1ccccc1)Nc1nnc(C2CCCO2)s1. The van der Waals surface area contributed by atoms with E-state index in [1.807, 2.05) is 30.3 Å². The van der Waals surface area contributed by atoms with E-state index < -0.39 is 0 Å². The zero-order valence-electron chi connectivity index (χ0n) is 11.4. The molecule has 110 valence electrons. The van der Waals surface area contributed by atoms with Gasteiger partial charge < -0.3 is 10.1 Å². The number of rotatable bonds is 5. The van der Waals surface area contributed by atoms with Gasteiger partial charge >= 0.3 is 0 Å². The second-order valence-corrected chi connectivity index (χ2v) is 5.72. The van der Waals surface area contributed by atoms with E-state index >= 15 is 0 Å². The Morgan fingerprint density at radius 3 is 2.95 bits per heavy atom. The molecule has 0 bridgehead atoms. The highest BCUT2D eigenvalue weighted by molar-refractivity contribution is 7.15. The van der Waals surface area contributed by atoms with Crippen molar-refractivity contribution in [2.24, 2.45) is 0 Å². The Morgan fingerprint density at radius 2 is 2.19 bits per heavy atom. The lowest BCUT2D eigenvalue weighted by molar-refractivity contribution is -0.114. The van der Waals surface area contributed by atoms with E-state index in [-0.39, 0.29) is 18.6 Å². The number of anilines is 2. The van der Waals surface area contributed by atoms with Crippen molar-refractivity contribution in [2.75, 3.05) is 23.8 Å². The molecule has 1 aliphatic rings. The molecule has 0 saturated carbocycles. The Kier molecular flexibility index (Phi) is 4.42. The second kappa shape index (κ2) is 6.64. The number of ether oxygens (including phenoxy) is 1. The number of aromatic nitrogens is 2. The van der Waals surface area contributed by atoms with Crippen molar-refractivity contribution >= 4 is 28.1 Å². The number of carbonyl (C=O) groups excluding carboxylic acids is 1. The van der Waals surface area contributed by atoms with E-state index in [1.54, 1.807) is 0 Å². The van der Waals surface area contributed by atoms with Gasteiger partial charge in [-0.05, 0) is 25.0 Å². The first-order valence-electron chi connectivity index (χ1n) is 6.85. The smallest absolute Gasteiger partial charge is 0.245 e. The molecule has 21 heavy (non-hydrogen) atoms. The van der Waals surface area contributed by atoms with Crippen LogP contribution in [0.1, 0.15) is 24.0 Å². The molecule has 6 nitrogen and oxygen atoms in total. The van der Waals surface area contributed by atoms with Crippen molar-refractivity contribution in [3.05, 3.63) is 35.3 Å². The van der Waals surface area contributed by atoms with Crippen molar-refractivity contribution in [3.8, 4) is 0 Å². The quantitative estimate of drug-likeness (QED) is 0.887. The molecule has 1 atom stereocenters. The van der Waals surface area contributed by atoms with Gasteiger partial charge in [0.15, 0.2) is 0 Å². The number of hydrogen-bond acceptors (Lipinski definition) is 6. The summed E-state index contributed by atoms with van der Waals surface area (Å²) in [6.45, 7) is 0.964. The summed E-state index contributed by atoms with van der Waals surface area (Å²) in [4.78, 5) is 11.9. The largest absolute Gasteiger partial charge is 0.376 e. The van der Waals surface area contributed by atoms with Crippen LogP contribution in [-0.2, 0) is 9.53 Å². The fourth-order valence-corrected chi connectivity index (χ4v) is 2.93. The first-order valence-corrected chi connectivity index (χ1v) is 7.67. The molecule has 2 aromatic rings. The summed E-state index contributed by atoms with van der Waals surface area (Å²) in [5.41, 5.74) is 0.907. The van der Waals surface area contributed by atoms with Crippen LogP contribution in [0.5, 0.6) is 0 Å². The molecule has 3 rings (SSSR count). The van der Waals surface area contributed by atoms with Crippen molar-refractivity contribution in [3.63, 3.8) is 0 Å². The van der Waals surface area contributed by atoms with Crippen LogP contribution in [-0.4, -0.2) is 29.3 Å². The van der Waals surface area contributed by atoms with E-state index in [2.05, 4.69) is 20.8 Å². The first kappa shape index (κ1) is 14.0. The summed E-state index contributed by atoms with van der Waals surface area (Å²) in [5, 5.41) is 15.2. The normalized spacial score (nSPS) is 17.6. The van der Waals surface area contributed by atoms with Gasteiger partial charge in [0.2, 0.25) is 11.0 Å².